The number of nitrogens with zero attached hydrogens (tertiary/aromatic N) is 3. The van der Waals surface area contributed by atoms with Crippen LogP contribution in [0.25, 0.3) is 0 Å². The summed E-state index contributed by atoms with van der Waals surface area (Å²) in [6.07, 6.45) is -0.439. The second kappa shape index (κ2) is 6.17. The standard InChI is InChI=1S/C11H17ClN4O2/c1-8(17)7-13-10-6-9(12)14-11(15-10)16-2-4-18-5-3-16/h6,8,17H,2-5,7H2,1H3,(H,13,14,15). The van der Waals surface area contributed by atoms with Crippen molar-refractivity contribution in [3.05, 3.63) is 11.2 Å². The maximum absolute atomic E-state index is 9.24. The molecule has 1 unspecified atom stereocenters. The monoisotopic (exact) mass is 272 g/mol. The average molecular weight is 273 g/mol. The lowest BCUT2D eigenvalue weighted by atomic mass is 10.4. The minimum absolute atomic E-state index is 0.389. The summed E-state index contributed by atoms with van der Waals surface area (Å²) in [5.74, 6) is 1.22. The van der Waals surface area contributed by atoms with E-state index in [1.807, 2.05) is 4.90 Å². The second-order valence-corrected chi connectivity index (χ2v) is 4.59. The molecule has 2 heterocycles. The molecular weight excluding hydrogens is 256 g/mol. The molecule has 18 heavy (non-hydrogen) atoms. The molecule has 1 aliphatic rings. The van der Waals surface area contributed by atoms with Crippen LogP contribution in [-0.4, -0.2) is 54.0 Å². The van der Waals surface area contributed by atoms with Crippen LogP contribution in [0, 0.1) is 0 Å². The van der Waals surface area contributed by atoms with Gasteiger partial charge < -0.3 is 20.1 Å². The predicted octanol–water partition coefficient (Wildman–Crippen LogP) is 0.759. The number of rotatable bonds is 4. The quantitative estimate of drug-likeness (QED) is 0.789. The van der Waals surface area contributed by atoms with E-state index in [1.165, 1.54) is 0 Å². The van der Waals surface area contributed by atoms with Crippen LogP contribution in [-0.2, 0) is 4.74 Å². The summed E-state index contributed by atoms with van der Waals surface area (Å²) in [5.41, 5.74) is 0. The predicted molar refractivity (Wildman–Crippen MR) is 70.2 cm³/mol. The van der Waals surface area contributed by atoms with Gasteiger partial charge in [-0.1, -0.05) is 11.6 Å². The number of morpholine rings is 1. The highest BCUT2D eigenvalue weighted by Gasteiger charge is 2.15. The molecule has 1 saturated heterocycles. The number of aromatic nitrogens is 2. The molecule has 1 atom stereocenters. The lowest BCUT2D eigenvalue weighted by Gasteiger charge is -2.27. The molecule has 2 rings (SSSR count). The van der Waals surface area contributed by atoms with E-state index in [2.05, 4.69) is 15.3 Å². The Labute approximate surface area is 111 Å². The topological polar surface area (TPSA) is 70.5 Å². The Hall–Kier alpha value is -1.11. The first-order valence-corrected chi connectivity index (χ1v) is 6.32. The van der Waals surface area contributed by atoms with Crippen molar-refractivity contribution in [3.63, 3.8) is 0 Å². The Morgan fingerprint density at radius 3 is 2.89 bits per heavy atom. The molecule has 7 heteroatoms. The number of anilines is 2. The van der Waals surface area contributed by atoms with Crippen molar-refractivity contribution in [1.82, 2.24) is 9.97 Å². The summed E-state index contributed by atoms with van der Waals surface area (Å²) in [5, 5.41) is 12.6. The minimum atomic E-state index is -0.439. The van der Waals surface area contributed by atoms with E-state index in [-0.39, 0.29) is 0 Å². The number of hydrogen-bond acceptors (Lipinski definition) is 6. The first-order chi connectivity index (χ1) is 8.65. The molecule has 1 aliphatic heterocycles. The van der Waals surface area contributed by atoms with Crippen molar-refractivity contribution < 1.29 is 9.84 Å². The van der Waals surface area contributed by atoms with Gasteiger partial charge in [-0.05, 0) is 6.92 Å². The Kier molecular flexibility index (Phi) is 4.57. The van der Waals surface area contributed by atoms with Crippen molar-refractivity contribution in [2.24, 2.45) is 0 Å². The second-order valence-electron chi connectivity index (χ2n) is 4.21. The largest absolute Gasteiger partial charge is 0.392 e. The number of halogens is 1. The molecule has 0 spiro atoms. The van der Waals surface area contributed by atoms with Crippen LogP contribution < -0.4 is 10.2 Å². The van der Waals surface area contributed by atoms with Crippen molar-refractivity contribution in [2.45, 2.75) is 13.0 Å². The van der Waals surface area contributed by atoms with E-state index >= 15 is 0 Å². The zero-order valence-electron chi connectivity index (χ0n) is 10.3. The van der Waals surface area contributed by atoms with E-state index in [4.69, 9.17) is 16.3 Å². The summed E-state index contributed by atoms with van der Waals surface area (Å²) in [4.78, 5) is 10.6. The van der Waals surface area contributed by atoms with Crippen molar-refractivity contribution in [2.75, 3.05) is 43.1 Å². The lowest BCUT2D eigenvalue weighted by Crippen LogP contribution is -2.37. The van der Waals surface area contributed by atoms with E-state index in [0.29, 0.717) is 36.7 Å². The lowest BCUT2D eigenvalue weighted by molar-refractivity contribution is 0.122. The molecule has 0 amide bonds. The molecule has 1 aromatic heterocycles. The van der Waals surface area contributed by atoms with Crippen molar-refractivity contribution in [3.8, 4) is 0 Å². The molecule has 1 fully saturated rings. The van der Waals surface area contributed by atoms with Gasteiger partial charge in [-0.25, -0.2) is 4.98 Å². The smallest absolute Gasteiger partial charge is 0.228 e. The van der Waals surface area contributed by atoms with Crippen LogP contribution in [0.2, 0.25) is 5.15 Å². The van der Waals surface area contributed by atoms with E-state index < -0.39 is 6.10 Å². The van der Waals surface area contributed by atoms with Crippen LogP contribution in [0.3, 0.4) is 0 Å². The summed E-state index contributed by atoms with van der Waals surface area (Å²) in [6.45, 7) is 5.00. The molecule has 0 radical (unpaired) electrons. The van der Waals surface area contributed by atoms with Gasteiger partial charge in [0.2, 0.25) is 5.95 Å². The summed E-state index contributed by atoms with van der Waals surface area (Å²) in [6, 6.07) is 1.65. The van der Waals surface area contributed by atoms with Crippen LogP contribution in [0.5, 0.6) is 0 Å². The molecule has 2 N–H and O–H groups in total. The number of hydrogen-bond donors (Lipinski definition) is 2. The highest BCUT2D eigenvalue weighted by atomic mass is 35.5. The molecular formula is C11H17ClN4O2. The van der Waals surface area contributed by atoms with Crippen LogP contribution in [0.15, 0.2) is 6.07 Å². The van der Waals surface area contributed by atoms with Gasteiger partial charge in [-0.3, -0.25) is 0 Å². The van der Waals surface area contributed by atoms with Gasteiger partial charge in [-0.2, -0.15) is 4.98 Å². The number of nitrogens with one attached hydrogen (secondary N) is 1. The summed E-state index contributed by atoms with van der Waals surface area (Å²) in [7, 11) is 0. The molecule has 1 aromatic rings. The zero-order chi connectivity index (χ0) is 13.0. The fourth-order valence-electron chi connectivity index (χ4n) is 1.65. The van der Waals surface area contributed by atoms with Gasteiger partial charge in [-0.15, -0.1) is 0 Å². The average Bonchev–Trinajstić information content (AvgIpc) is 2.37. The third kappa shape index (κ3) is 3.69. The number of ether oxygens (including phenoxy) is 1. The first kappa shape index (κ1) is 13.3. The van der Waals surface area contributed by atoms with Crippen molar-refractivity contribution >= 4 is 23.4 Å². The zero-order valence-corrected chi connectivity index (χ0v) is 11.0. The minimum Gasteiger partial charge on any atom is -0.392 e. The van der Waals surface area contributed by atoms with Crippen LogP contribution >= 0.6 is 11.6 Å². The van der Waals surface area contributed by atoms with Gasteiger partial charge in [0, 0.05) is 25.7 Å². The van der Waals surface area contributed by atoms with Gasteiger partial charge in [0.15, 0.2) is 0 Å². The first-order valence-electron chi connectivity index (χ1n) is 5.94. The third-order valence-corrected chi connectivity index (χ3v) is 2.75. The van der Waals surface area contributed by atoms with Crippen molar-refractivity contribution in [1.29, 1.82) is 0 Å². The third-order valence-electron chi connectivity index (χ3n) is 2.56. The normalized spacial score (nSPS) is 17.6. The maximum atomic E-state index is 9.24. The van der Waals surface area contributed by atoms with E-state index in [0.717, 1.165) is 13.1 Å². The van der Waals surface area contributed by atoms with Gasteiger partial charge in [0.1, 0.15) is 11.0 Å². The Bertz CT molecular complexity index is 397. The summed E-state index contributed by atoms with van der Waals surface area (Å²) < 4.78 is 5.28. The highest BCUT2D eigenvalue weighted by Crippen LogP contribution is 2.18. The number of aliphatic hydroxyl groups excluding tert-OH is 1. The van der Waals surface area contributed by atoms with Gasteiger partial charge >= 0.3 is 0 Å². The Morgan fingerprint density at radius 2 is 2.22 bits per heavy atom. The number of aliphatic hydroxyl groups is 1. The van der Waals surface area contributed by atoms with Crippen LogP contribution in [0.4, 0.5) is 11.8 Å². The Morgan fingerprint density at radius 1 is 1.50 bits per heavy atom. The Balaban J connectivity index is 2.09. The highest BCUT2D eigenvalue weighted by molar-refractivity contribution is 6.29. The summed E-state index contributed by atoms with van der Waals surface area (Å²) >= 11 is 5.97. The molecule has 0 saturated carbocycles. The fraction of sp³-hybridized carbons (Fsp3) is 0.636. The molecule has 0 bridgehead atoms. The maximum Gasteiger partial charge on any atom is 0.228 e. The van der Waals surface area contributed by atoms with E-state index in [1.54, 1.807) is 13.0 Å². The molecule has 6 nitrogen and oxygen atoms in total. The fourth-order valence-corrected chi connectivity index (χ4v) is 1.83. The molecule has 0 aromatic carbocycles. The van der Waals surface area contributed by atoms with Gasteiger partial charge in [0.05, 0.1) is 19.3 Å². The SMILES string of the molecule is CC(O)CNc1cc(Cl)nc(N2CCOCC2)n1. The van der Waals surface area contributed by atoms with Gasteiger partial charge in [0.25, 0.3) is 0 Å². The molecule has 0 aliphatic carbocycles. The van der Waals surface area contributed by atoms with Crippen LogP contribution in [0.1, 0.15) is 6.92 Å². The van der Waals surface area contributed by atoms with E-state index in [9.17, 15) is 5.11 Å². The molecule has 100 valence electrons.